The van der Waals surface area contributed by atoms with Crippen molar-refractivity contribution in [1.29, 1.82) is 0 Å². The van der Waals surface area contributed by atoms with E-state index < -0.39 is 0 Å². The van der Waals surface area contributed by atoms with E-state index in [4.69, 9.17) is 0 Å². The summed E-state index contributed by atoms with van der Waals surface area (Å²) in [6.07, 6.45) is 1.72. The summed E-state index contributed by atoms with van der Waals surface area (Å²) < 4.78 is 0. The molecule has 2 atom stereocenters. The molecule has 0 unspecified atom stereocenters. The first-order valence-corrected chi connectivity index (χ1v) is 9.52. The van der Waals surface area contributed by atoms with Crippen LogP contribution in [0.5, 0.6) is 5.75 Å². The van der Waals surface area contributed by atoms with Crippen molar-refractivity contribution < 1.29 is 9.90 Å². The van der Waals surface area contributed by atoms with Crippen LogP contribution in [0.1, 0.15) is 23.6 Å². The number of hydrogen-bond donors (Lipinski definition) is 3. The molecule has 0 aliphatic carbocycles. The maximum atomic E-state index is 12.2. The monoisotopic (exact) mass is 359 g/mol. The molecule has 1 aromatic carbocycles. The molecule has 2 amide bonds. The summed E-state index contributed by atoms with van der Waals surface area (Å²) in [5.74, 6) is 0.308. The van der Waals surface area contributed by atoms with Crippen molar-refractivity contribution in [2.45, 2.75) is 38.4 Å². The average molecular weight is 359 g/mol. The van der Waals surface area contributed by atoms with Gasteiger partial charge in [0.2, 0.25) is 0 Å². The number of nitrogens with zero attached hydrogens (tertiary/aromatic N) is 1. The number of carbonyl (C=O) groups excluding carboxylic acids is 1. The molecule has 1 aliphatic heterocycles. The molecular weight excluding hydrogens is 334 g/mol. The van der Waals surface area contributed by atoms with E-state index in [1.165, 1.54) is 11.1 Å². The van der Waals surface area contributed by atoms with E-state index in [-0.39, 0.29) is 18.1 Å². The molecule has 134 valence electrons. The highest BCUT2D eigenvalue weighted by Gasteiger charge is 2.24. The maximum absolute atomic E-state index is 12.2. The lowest BCUT2D eigenvalue weighted by atomic mass is 9.94. The first-order chi connectivity index (χ1) is 12.0. The van der Waals surface area contributed by atoms with Crippen LogP contribution in [0, 0.1) is 0 Å². The number of likely N-dealkylation sites (N-methyl/N-ethyl adjacent to an activating group) is 1. The van der Waals surface area contributed by atoms with Crippen LogP contribution in [0.15, 0.2) is 35.0 Å². The molecule has 6 heteroatoms. The summed E-state index contributed by atoms with van der Waals surface area (Å²) in [5, 5.41) is 19.8. The number of phenols is 1. The number of benzene rings is 1. The zero-order chi connectivity index (χ0) is 17.8. The molecule has 1 aromatic heterocycles. The normalized spacial score (nSPS) is 18.4. The van der Waals surface area contributed by atoms with Gasteiger partial charge in [0, 0.05) is 25.2 Å². The van der Waals surface area contributed by atoms with Crippen LogP contribution < -0.4 is 10.6 Å². The van der Waals surface area contributed by atoms with E-state index in [0.717, 1.165) is 24.9 Å². The third-order valence-electron chi connectivity index (χ3n) is 4.69. The molecule has 25 heavy (non-hydrogen) atoms. The minimum Gasteiger partial charge on any atom is -0.508 e. The van der Waals surface area contributed by atoms with Crippen LogP contribution >= 0.6 is 11.3 Å². The second-order valence-electron chi connectivity index (χ2n) is 6.82. The lowest BCUT2D eigenvalue weighted by molar-refractivity contribution is 0.202. The first kappa shape index (κ1) is 17.8. The van der Waals surface area contributed by atoms with Crippen LogP contribution in [0.25, 0.3) is 0 Å². The van der Waals surface area contributed by atoms with E-state index >= 15 is 0 Å². The van der Waals surface area contributed by atoms with Crippen LogP contribution in [0.3, 0.4) is 0 Å². The van der Waals surface area contributed by atoms with Crippen molar-refractivity contribution in [3.63, 3.8) is 0 Å². The number of fused-ring (bicyclic) bond motifs is 1. The first-order valence-electron chi connectivity index (χ1n) is 8.57. The minimum absolute atomic E-state index is 0.0994. The maximum Gasteiger partial charge on any atom is 0.315 e. The number of aromatic hydroxyl groups is 1. The van der Waals surface area contributed by atoms with Crippen LogP contribution in [-0.2, 0) is 19.4 Å². The Balaban J connectivity index is 1.48. The molecule has 3 rings (SSSR count). The van der Waals surface area contributed by atoms with Gasteiger partial charge in [-0.15, -0.1) is 0 Å². The Morgan fingerprint density at radius 1 is 1.40 bits per heavy atom. The molecule has 0 saturated carbocycles. The molecular formula is C19H25N3O2S. The minimum atomic E-state index is -0.118. The van der Waals surface area contributed by atoms with Gasteiger partial charge < -0.3 is 15.7 Å². The zero-order valence-corrected chi connectivity index (χ0v) is 15.5. The van der Waals surface area contributed by atoms with Gasteiger partial charge in [-0.3, -0.25) is 4.90 Å². The second kappa shape index (κ2) is 7.89. The van der Waals surface area contributed by atoms with Crippen molar-refractivity contribution in [2.75, 3.05) is 13.6 Å². The highest BCUT2D eigenvalue weighted by Crippen LogP contribution is 2.25. The Hall–Kier alpha value is -2.05. The summed E-state index contributed by atoms with van der Waals surface area (Å²) in [6.45, 7) is 3.41. The van der Waals surface area contributed by atoms with Crippen molar-refractivity contribution in [3.05, 3.63) is 51.7 Å². The third-order valence-corrected chi connectivity index (χ3v) is 5.42. The molecule has 2 heterocycles. The highest BCUT2D eigenvalue weighted by molar-refractivity contribution is 7.07. The zero-order valence-electron chi connectivity index (χ0n) is 14.7. The average Bonchev–Trinajstić information content (AvgIpc) is 3.05. The largest absolute Gasteiger partial charge is 0.508 e. The number of carbonyl (C=O) groups is 1. The Morgan fingerprint density at radius 3 is 3.00 bits per heavy atom. The Bertz CT molecular complexity index is 717. The van der Waals surface area contributed by atoms with Gasteiger partial charge in [0.25, 0.3) is 0 Å². The Labute approximate surface area is 152 Å². The number of hydrogen-bond acceptors (Lipinski definition) is 4. The van der Waals surface area contributed by atoms with Gasteiger partial charge in [0.15, 0.2) is 0 Å². The van der Waals surface area contributed by atoms with Gasteiger partial charge in [-0.1, -0.05) is 6.07 Å². The lowest BCUT2D eigenvalue weighted by Crippen LogP contribution is -2.49. The molecule has 0 radical (unpaired) electrons. The molecule has 3 N–H and O–H groups in total. The number of thiophene rings is 1. The molecule has 0 fully saturated rings. The standard InChI is InChI=1S/C19H25N3O2S/c1-13(7-14-5-6-25-12-14)21-19(24)20-10-17-8-15-3-4-18(23)9-16(15)11-22(17)2/h3-6,9,12-13,17,23H,7-8,10-11H2,1-2H3,(H2,20,21,24)/t13-,17+/m1/s1. The summed E-state index contributed by atoms with van der Waals surface area (Å²) >= 11 is 1.68. The van der Waals surface area contributed by atoms with Crippen molar-refractivity contribution in [3.8, 4) is 5.75 Å². The Kier molecular flexibility index (Phi) is 5.60. The Morgan fingerprint density at radius 2 is 2.24 bits per heavy atom. The fourth-order valence-electron chi connectivity index (χ4n) is 3.29. The molecule has 0 saturated heterocycles. The highest BCUT2D eigenvalue weighted by atomic mass is 32.1. The van der Waals surface area contributed by atoms with E-state index in [2.05, 4.69) is 39.4 Å². The van der Waals surface area contributed by atoms with Crippen molar-refractivity contribution in [2.24, 2.45) is 0 Å². The van der Waals surface area contributed by atoms with Crippen molar-refractivity contribution >= 4 is 17.4 Å². The van der Waals surface area contributed by atoms with Crippen LogP contribution in [0.4, 0.5) is 4.79 Å². The topological polar surface area (TPSA) is 64.6 Å². The molecule has 5 nitrogen and oxygen atoms in total. The molecule has 2 aromatic rings. The SMILES string of the molecule is C[C@H](Cc1ccsc1)NC(=O)NC[C@@H]1Cc2ccc(O)cc2CN1C. The van der Waals surface area contributed by atoms with Crippen LogP contribution in [0.2, 0.25) is 0 Å². The van der Waals surface area contributed by atoms with E-state index in [0.29, 0.717) is 12.3 Å². The molecule has 0 spiro atoms. The predicted octanol–water partition coefficient (Wildman–Crippen LogP) is 2.74. The third kappa shape index (κ3) is 4.74. The van der Waals surface area contributed by atoms with Gasteiger partial charge in [-0.05, 0) is 72.5 Å². The predicted molar refractivity (Wildman–Crippen MR) is 101 cm³/mol. The second-order valence-corrected chi connectivity index (χ2v) is 7.60. The smallest absolute Gasteiger partial charge is 0.315 e. The summed E-state index contributed by atoms with van der Waals surface area (Å²) in [4.78, 5) is 14.4. The molecule has 0 bridgehead atoms. The van der Waals surface area contributed by atoms with E-state index in [1.807, 2.05) is 19.1 Å². The summed E-state index contributed by atoms with van der Waals surface area (Å²) in [6, 6.07) is 7.87. The lowest BCUT2D eigenvalue weighted by Gasteiger charge is -2.34. The quantitative estimate of drug-likeness (QED) is 0.769. The van der Waals surface area contributed by atoms with E-state index in [9.17, 15) is 9.90 Å². The van der Waals surface area contributed by atoms with Crippen molar-refractivity contribution in [1.82, 2.24) is 15.5 Å². The number of nitrogens with one attached hydrogen (secondary N) is 2. The fourth-order valence-corrected chi connectivity index (χ4v) is 3.97. The van der Waals surface area contributed by atoms with Gasteiger partial charge in [0.05, 0.1) is 0 Å². The van der Waals surface area contributed by atoms with Gasteiger partial charge in [-0.2, -0.15) is 11.3 Å². The number of phenolic OH excluding ortho intramolecular Hbond substituents is 1. The van der Waals surface area contributed by atoms with E-state index in [1.54, 1.807) is 17.4 Å². The number of urea groups is 1. The van der Waals surface area contributed by atoms with Gasteiger partial charge >= 0.3 is 6.03 Å². The van der Waals surface area contributed by atoms with Gasteiger partial charge in [0.1, 0.15) is 5.75 Å². The number of rotatable bonds is 5. The summed E-state index contributed by atoms with van der Waals surface area (Å²) in [7, 11) is 2.05. The van der Waals surface area contributed by atoms with Crippen LogP contribution in [-0.4, -0.2) is 41.7 Å². The summed E-state index contributed by atoms with van der Waals surface area (Å²) in [5.41, 5.74) is 3.66. The molecule has 1 aliphatic rings. The fraction of sp³-hybridized carbons (Fsp3) is 0.421. The van der Waals surface area contributed by atoms with Gasteiger partial charge in [-0.25, -0.2) is 4.79 Å². The number of amides is 2.